The Morgan fingerprint density at radius 3 is 2.23 bits per heavy atom. The van der Waals surface area contributed by atoms with Gasteiger partial charge in [-0.15, -0.1) is 0 Å². The van der Waals surface area contributed by atoms with Gasteiger partial charge in [0.05, 0.1) is 13.0 Å². The highest BCUT2D eigenvalue weighted by atomic mass is 16.5. The molecular weight excluding hydrogens is 560 g/mol. The number of methoxy groups -OCH3 is 1. The van der Waals surface area contributed by atoms with Crippen molar-refractivity contribution in [2.75, 3.05) is 26.8 Å². The summed E-state index contributed by atoms with van der Waals surface area (Å²) < 4.78 is 12.9. The number of piperidine rings is 1. The molecule has 2 aromatic carbocycles. The van der Waals surface area contributed by atoms with E-state index in [1.54, 1.807) is 31.4 Å². The molecule has 1 aromatic heterocycles. The number of aromatic nitrogens is 1. The highest BCUT2D eigenvalue weighted by Gasteiger charge is 2.43. The first-order valence-electron chi connectivity index (χ1n) is 13.9. The third kappa shape index (κ3) is 6.71. The van der Waals surface area contributed by atoms with E-state index >= 15 is 0 Å². The number of carbonyl (C=O) groups excluding carboxylic acids is 2. The number of aliphatic hydroxyl groups is 2. The minimum Gasteiger partial charge on any atom is -0.497 e. The Morgan fingerprint density at radius 2 is 1.65 bits per heavy atom. The number of aryl methyl sites for hydroxylation is 1. The maximum absolute atomic E-state index is 13.0. The van der Waals surface area contributed by atoms with Gasteiger partial charge in [-0.05, 0) is 60.8 Å². The van der Waals surface area contributed by atoms with E-state index < -0.39 is 24.1 Å². The molecule has 2 unspecified atom stereocenters. The van der Waals surface area contributed by atoms with Crippen LogP contribution in [-0.4, -0.2) is 98.6 Å². The Kier molecular flexibility index (Phi) is 9.84. The molecule has 3 aromatic rings. The van der Waals surface area contributed by atoms with Gasteiger partial charge in [0, 0.05) is 48.2 Å². The number of Topliss-reactive ketones (excluding diaryl/α,β-unsaturated/α-hetero) is 1. The number of esters is 1. The fourth-order valence-corrected chi connectivity index (χ4v) is 5.99. The fraction of sp³-hybridized carbons (Fsp3) is 0.419. The van der Waals surface area contributed by atoms with Crippen LogP contribution in [0.15, 0.2) is 48.7 Å². The van der Waals surface area contributed by atoms with E-state index in [2.05, 4.69) is 47.8 Å². The highest BCUT2D eigenvalue weighted by Crippen LogP contribution is 2.45. The fourth-order valence-electron chi connectivity index (χ4n) is 5.99. The number of benzene rings is 2. The SMILES string of the molecule is CCN1C[C@H](C(=O)OCC(=O)c2ccc(OC)cc2)C[C@@H]2c3cccc4c3c(cn4C)C[C@H]21.O=C(O)C(O)C(O)C(=O)O. The number of carbonyl (C=O) groups is 4. The second kappa shape index (κ2) is 13.4. The van der Waals surface area contributed by atoms with Crippen LogP contribution in [0, 0.1) is 5.92 Å². The predicted molar refractivity (Wildman–Crippen MR) is 154 cm³/mol. The van der Waals surface area contributed by atoms with E-state index in [-0.39, 0.29) is 30.2 Å². The lowest BCUT2D eigenvalue weighted by molar-refractivity contribution is -0.165. The summed E-state index contributed by atoms with van der Waals surface area (Å²) in [5, 5.41) is 33.9. The summed E-state index contributed by atoms with van der Waals surface area (Å²) in [5.41, 5.74) is 4.50. The van der Waals surface area contributed by atoms with Crippen LogP contribution >= 0.6 is 0 Å². The summed E-state index contributed by atoms with van der Waals surface area (Å²) in [6.45, 7) is 3.47. The third-order valence-electron chi connectivity index (χ3n) is 8.18. The van der Waals surface area contributed by atoms with Gasteiger partial charge in [-0.25, -0.2) is 9.59 Å². The predicted octanol–water partition coefficient (Wildman–Crippen LogP) is 1.84. The van der Waals surface area contributed by atoms with Crippen LogP contribution in [0.1, 0.15) is 40.7 Å². The first-order chi connectivity index (χ1) is 20.5. The van der Waals surface area contributed by atoms with Crippen molar-refractivity contribution >= 4 is 34.6 Å². The van der Waals surface area contributed by atoms with Gasteiger partial charge in [-0.2, -0.15) is 0 Å². The van der Waals surface area contributed by atoms with Gasteiger partial charge in [0.1, 0.15) is 5.75 Å². The van der Waals surface area contributed by atoms with E-state index in [1.165, 1.54) is 22.0 Å². The molecule has 230 valence electrons. The molecule has 1 aliphatic carbocycles. The summed E-state index contributed by atoms with van der Waals surface area (Å²) in [4.78, 5) is 47.5. The number of aliphatic hydroxyl groups excluding tert-OH is 2. The zero-order valence-corrected chi connectivity index (χ0v) is 24.2. The molecule has 5 atom stereocenters. The van der Waals surface area contributed by atoms with Crippen molar-refractivity contribution < 1.29 is 49.1 Å². The number of fused-ring (bicyclic) bond motifs is 2. The number of hydrogen-bond donors (Lipinski definition) is 4. The Morgan fingerprint density at radius 1 is 1.00 bits per heavy atom. The van der Waals surface area contributed by atoms with Gasteiger partial charge >= 0.3 is 17.9 Å². The van der Waals surface area contributed by atoms with Gasteiger partial charge < -0.3 is 34.5 Å². The van der Waals surface area contributed by atoms with Crippen LogP contribution in [-0.2, 0) is 32.6 Å². The molecule has 5 rings (SSSR count). The number of rotatable bonds is 9. The quantitative estimate of drug-likeness (QED) is 0.209. The molecule has 1 fully saturated rings. The molecule has 0 bridgehead atoms. The second-order valence-electron chi connectivity index (χ2n) is 10.7. The topological polar surface area (TPSA) is 176 Å². The lowest BCUT2D eigenvalue weighted by Gasteiger charge is -2.46. The highest BCUT2D eigenvalue weighted by molar-refractivity contribution is 5.98. The Bertz CT molecular complexity index is 1480. The molecule has 0 saturated carbocycles. The molecule has 1 aliphatic heterocycles. The van der Waals surface area contributed by atoms with Crippen LogP contribution in [0.5, 0.6) is 5.75 Å². The summed E-state index contributed by atoms with van der Waals surface area (Å²) in [6.07, 6.45) is -0.520. The van der Waals surface area contributed by atoms with Crippen LogP contribution in [0.3, 0.4) is 0 Å². The number of nitrogens with zero attached hydrogens (tertiary/aromatic N) is 2. The summed E-state index contributed by atoms with van der Waals surface area (Å²) >= 11 is 0. The summed E-state index contributed by atoms with van der Waals surface area (Å²) in [6, 6.07) is 13.7. The minimum atomic E-state index is -2.27. The van der Waals surface area contributed by atoms with E-state index in [9.17, 15) is 19.2 Å². The van der Waals surface area contributed by atoms with E-state index in [0.29, 0.717) is 23.9 Å². The lowest BCUT2D eigenvalue weighted by Crippen LogP contribution is -2.51. The normalized spacial score (nSPS) is 20.6. The monoisotopic (exact) mass is 596 g/mol. The number of ether oxygens (including phenoxy) is 2. The van der Waals surface area contributed by atoms with Crippen LogP contribution in [0.4, 0.5) is 0 Å². The van der Waals surface area contributed by atoms with Crippen molar-refractivity contribution in [1.82, 2.24) is 9.47 Å². The zero-order valence-electron chi connectivity index (χ0n) is 24.2. The number of carboxylic acid groups (broad SMARTS) is 2. The Labute approximate surface area is 248 Å². The molecule has 2 aliphatic rings. The molecule has 0 spiro atoms. The second-order valence-corrected chi connectivity index (χ2v) is 10.7. The number of likely N-dealkylation sites (tertiary alicyclic amines) is 1. The van der Waals surface area contributed by atoms with Crippen LogP contribution < -0.4 is 4.74 Å². The first-order valence-corrected chi connectivity index (χ1v) is 13.9. The van der Waals surface area contributed by atoms with E-state index in [1.807, 2.05) is 0 Å². The number of ketones is 1. The number of carboxylic acids is 2. The molecule has 1 saturated heterocycles. The van der Waals surface area contributed by atoms with Gasteiger partial charge in [0.25, 0.3) is 0 Å². The standard InChI is InChI=1S/C27H30N2O4.C4H6O6/c1-4-29-15-19(27(31)33-16-25(30)17-8-10-20(32-3)11-9-17)12-22-21-6-5-7-23-26(21)18(13-24(22)29)14-28(23)2;5-1(3(7)8)2(6)4(9)10/h5-11,14,19,22,24H,4,12-13,15-16H2,1-3H3;1-2,5-6H,(H,7,8)(H,9,10)/t19-,22-,24-;/m1./s1. The Hall–Kier alpha value is -4.26. The van der Waals surface area contributed by atoms with E-state index in [4.69, 9.17) is 29.9 Å². The van der Waals surface area contributed by atoms with Crippen molar-refractivity contribution in [2.24, 2.45) is 13.0 Å². The minimum absolute atomic E-state index is 0.205. The van der Waals surface area contributed by atoms with Gasteiger partial charge in [0.15, 0.2) is 24.6 Å². The maximum atomic E-state index is 13.0. The number of likely N-dealkylation sites (N-methyl/N-ethyl adjacent to an activating group) is 1. The molecular formula is C31H36N2O10. The van der Waals surface area contributed by atoms with Crippen LogP contribution in [0.25, 0.3) is 10.9 Å². The average Bonchev–Trinajstić information content (AvgIpc) is 3.34. The lowest BCUT2D eigenvalue weighted by atomic mass is 9.72. The molecule has 0 radical (unpaired) electrons. The number of hydrogen-bond acceptors (Lipinski definition) is 9. The summed E-state index contributed by atoms with van der Waals surface area (Å²) in [7, 11) is 3.68. The van der Waals surface area contributed by atoms with Crippen molar-refractivity contribution in [1.29, 1.82) is 0 Å². The smallest absolute Gasteiger partial charge is 0.335 e. The molecule has 0 amide bonds. The van der Waals surface area contributed by atoms with Crippen LogP contribution in [0.2, 0.25) is 0 Å². The van der Waals surface area contributed by atoms with E-state index in [0.717, 1.165) is 19.4 Å². The molecule has 43 heavy (non-hydrogen) atoms. The first kappa shape index (κ1) is 31.7. The van der Waals surface area contributed by atoms with Crippen molar-refractivity contribution in [3.63, 3.8) is 0 Å². The van der Waals surface area contributed by atoms with Gasteiger partial charge in [0.2, 0.25) is 0 Å². The van der Waals surface area contributed by atoms with Crippen molar-refractivity contribution in [2.45, 2.75) is 43.9 Å². The number of aliphatic carboxylic acids is 2. The zero-order chi connectivity index (χ0) is 31.4. The summed E-state index contributed by atoms with van der Waals surface area (Å²) in [5.74, 6) is -3.29. The Balaban J connectivity index is 0.000000365. The average molecular weight is 597 g/mol. The largest absolute Gasteiger partial charge is 0.497 e. The van der Waals surface area contributed by atoms with Gasteiger partial charge in [-0.3, -0.25) is 14.5 Å². The third-order valence-corrected chi connectivity index (χ3v) is 8.18. The van der Waals surface area contributed by atoms with Gasteiger partial charge in [-0.1, -0.05) is 19.1 Å². The van der Waals surface area contributed by atoms with Crippen molar-refractivity contribution in [3.05, 3.63) is 65.4 Å². The molecule has 4 N–H and O–H groups in total. The molecule has 12 heteroatoms. The maximum Gasteiger partial charge on any atom is 0.335 e. The molecule has 12 nitrogen and oxygen atoms in total. The van der Waals surface area contributed by atoms with Crippen molar-refractivity contribution in [3.8, 4) is 5.75 Å². The molecule has 2 heterocycles.